The smallest absolute Gasteiger partial charge is 0.309 e. The van der Waals surface area contributed by atoms with Gasteiger partial charge in [0.05, 0.1) is 29.7 Å². The van der Waals surface area contributed by atoms with Crippen molar-refractivity contribution < 1.29 is 32.6 Å². The van der Waals surface area contributed by atoms with Gasteiger partial charge in [-0.25, -0.2) is 18.4 Å². The molecule has 2 N–H and O–H groups in total. The average molecular weight is 518 g/mol. The summed E-state index contributed by atoms with van der Waals surface area (Å²) in [6, 6.07) is 7.58. The number of benzene rings is 1. The molecule has 1 aromatic carbocycles. The van der Waals surface area contributed by atoms with Crippen LogP contribution in [0.25, 0.3) is 0 Å². The third-order valence-electron chi connectivity index (χ3n) is 4.82. The van der Waals surface area contributed by atoms with Gasteiger partial charge in [0, 0.05) is 17.0 Å². The van der Waals surface area contributed by atoms with Crippen molar-refractivity contribution in [1.82, 2.24) is 9.97 Å². The number of carboxylic acid groups (broad SMARTS) is 1. The Balaban J connectivity index is 1.54. The van der Waals surface area contributed by atoms with E-state index in [1.165, 1.54) is 24.4 Å². The molecule has 12 heteroatoms. The fourth-order valence-corrected chi connectivity index (χ4v) is 5.41. The molecule has 1 aliphatic carbocycles. The predicted molar refractivity (Wildman–Crippen MR) is 128 cm³/mol. The quantitative estimate of drug-likeness (QED) is 0.408. The van der Waals surface area contributed by atoms with E-state index >= 15 is 0 Å². The van der Waals surface area contributed by atoms with Crippen molar-refractivity contribution in [3.8, 4) is 17.2 Å². The van der Waals surface area contributed by atoms with Crippen LogP contribution >= 0.6 is 11.3 Å². The number of nitrogens with zero attached hydrogens (tertiary/aromatic N) is 2. The van der Waals surface area contributed by atoms with Crippen LogP contribution in [0.4, 0.5) is 5.13 Å². The fourth-order valence-electron chi connectivity index (χ4n) is 3.15. The lowest BCUT2D eigenvalue weighted by molar-refractivity contribution is -0.136. The van der Waals surface area contributed by atoms with Crippen molar-refractivity contribution in [2.24, 2.45) is 0 Å². The second kappa shape index (κ2) is 10.0. The standard InChI is InChI=1S/C23H23N3O7S2/c1-13(2)32-17-7-14(22(29)26-23-25-15(12-34-23)9-21(27)28)8-18(10-17)33-16-3-6-20(24-11-16)35(30,31)19-4-5-19/h3,6-8,10-13,19H,4-5,9H2,1-2H3,(H,27,28)(H,25,26,29). The molecule has 0 radical (unpaired) electrons. The predicted octanol–water partition coefficient (Wildman–Crippen LogP) is 3.93. The van der Waals surface area contributed by atoms with Crippen LogP contribution < -0.4 is 14.8 Å². The summed E-state index contributed by atoms with van der Waals surface area (Å²) in [5.41, 5.74) is 0.576. The van der Waals surface area contributed by atoms with Crippen molar-refractivity contribution in [3.63, 3.8) is 0 Å². The van der Waals surface area contributed by atoms with Crippen LogP contribution in [0.1, 0.15) is 42.7 Å². The minimum atomic E-state index is -3.41. The van der Waals surface area contributed by atoms with E-state index in [9.17, 15) is 18.0 Å². The van der Waals surface area contributed by atoms with Crippen molar-refractivity contribution in [1.29, 1.82) is 0 Å². The van der Waals surface area contributed by atoms with Gasteiger partial charge < -0.3 is 14.6 Å². The van der Waals surface area contributed by atoms with E-state index in [0.717, 1.165) is 11.3 Å². The van der Waals surface area contributed by atoms with Crippen LogP contribution in [0.2, 0.25) is 0 Å². The van der Waals surface area contributed by atoms with Crippen molar-refractivity contribution >= 4 is 38.2 Å². The number of thiazole rings is 1. The number of carboxylic acids is 1. The molecule has 1 saturated carbocycles. The van der Waals surface area contributed by atoms with Crippen LogP contribution in [-0.4, -0.2) is 46.7 Å². The molecule has 35 heavy (non-hydrogen) atoms. The van der Waals surface area contributed by atoms with Crippen LogP contribution in [-0.2, 0) is 21.1 Å². The van der Waals surface area contributed by atoms with E-state index in [-0.39, 0.29) is 33.5 Å². The van der Waals surface area contributed by atoms with E-state index < -0.39 is 21.7 Å². The van der Waals surface area contributed by atoms with E-state index in [1.54, 1.807) is 17.5 Å². The summed E-state index contributed by atoms with van der Waals surface area (Å²) in [7, 11) is -3.41. The maximum Gasteiger partial charge on any atom is 0.309 e. The number of nitrogens with one attached hydrogen (secondary N) is 1. The first kappa shape index (κ1) is 24.6. The molecule has 0 aliphatic heterocycles. The summed E-state index contributed by atoms with van der Waals surface area (Å²) in [6.07, 6.45) is 2.23. The monoisotopic (exact) mass is 517 g/mol. The largest absolute Gasteiger partial charge is 0.491 e. The highest BCUT2D eigenvalue weighted by Gasteiger charge is 2.37. The lowest BCUT2D eigenvalue weighted by Crippen LogP contribution is -2.13. The lowest BCUT2D eigenvalue weighted by Gasteiger charge is -2.14. The van der Waals surface area contributed by atoms with Gasteiger partial charge in [-0.1, -0.05) is 0 Å². The van der Waals surface area contributed by atoms with Gasteiger partial charge in [-0.3, -0.25) is 14.9 Å². The van der Waals surface area contributed by atoms with Gasteiger partial charge in [-0.2, -0.15) is 0 Å². The molecule has 4 rings (SSSR count). The molecule has 2 aromatic heterocycles. The van der Waals surface area contributed by atoms with Gasteiger partial charge in [0.1, 0.15) is 17.2 Å². The molecule has 0 unspecified atom stereocenters. The minimum absolute atomic E-state index is 0.00928. The lowest BCUT2D eigenvalue weighted by atomic mass is 10.2. The molecule has 0 bridgehead atoms. The number of hydrogen-bond donors (Lipinski definition) is 2. The minimum Gasteiger partial charge on any atom is -0.491 e. The SMILES string of the molecule is CC(C)Oc1cc(Oc2ccc(S(=O)(=O)C3CC3)nc2)cc(C(=O)Nc2nc(CC(=O)O)cs2)c1. The number of aliphatic carboxylic acids is 1. The molecule has 0 spiro atoms. The van der Waals surface area contributed by atoms with E-state index in [4.69, 9.17) is 14.6 Å². The Morgan fingerprint density at radius 3 is 2.54 bits per heavy atom. The van der Waals surface area contributed by atoms with Crippen LogP contribution in [0.5, 0.6) is 17.2 Å². The zero-order valence-corrected chi connectivity index (χ0v) is 20.6. The molecule has 184 valence electrons. The van der Waals surface area contributed by atoms with Gasteiger partial charge in [0.15, 0.2) is 20.0 Å². The van der Waals surface area contributed by atoms with Gasteiger partial charge in [-0.15, -0.1) is 11.3 Å². The molecule has 3 aromatic rings. The molecule has 1 amide bonds. The second-order valence-corrected chi connectivity index (χ2v) is 11.2. The third-order valence-corrected chi connectivity index (χ3v) is 7.80. The number of sulfone groups is 1. The van der Waals surface area contributed by atoms with E-state index in [0.29, 0.717) is 35.8 Å². The topological polar surface area (TPSA) is 145 Å². The third kappa shape index (κ3) is 6.34. The average Bonchev–Trinajstić information content (AvgIpc) is 3.56. The first-order valence-electron chi connectivity index (χ1n) is 10.8. The van der Waals surface area contributed by atoms with Crippen molar-refractivity contribution in [3.05, 3.63) is 53.2 Å². The second-order valence-electron chi connectivity index (χ2n) is 8.21. The zero-order valence-electron chi connectivity index (χ0n) is 18.9. The highest BCUT2D eigenvalue weighted by atomic mass is 32.2. The molecular formula is C23H23N3O7S2. The number of hydrogen-bond acceptors (Lipinski definition) is 9. The summed E-state index contributed by atoms with van der Waals surface area (Å²) < 4.78 is 36.3. The first-order valence-corrected chi connectivity index (χ1v) is 13.2. The molecule has 1 fully saturated rings. The van der Waals surface area contributed by atoms with Crippen molar-refractivity contribution in [2.45, 2.75) is 49.5 Å². The number of carbonyl (C=O) groups is 2. The van der Waals surface area contributed by atoms with Gasteiger partial charge in [0.25, 0.3) is 5.91 Å². The maximum absolute atomic E-state index is 12.9. The maximum atomic E-state index is 12.9. The van der Waals surface area contributed by atoms with Crippen LogP contribution in [0, 0.1) is 0 Å². The van der Waals surface area contributed by atoms with Crippen molar-refractivity contribution in [2.75, 3.05) is 5.32 Å². The summed E-state index contributed by atoms with van der Waals surface area (Å²) in [5.74, 6) is -0.510. The summed E-state index contributed by atoms with van der Waals surface area (Å²) >= 11 is 1.12. The Labute approximate surface area is 205 Å². The molecule has 0 atom stereocenters. The van der Waals surface area contributed by atoms with Gasteiger partial charge in [0.2, 0.25) is 0 Å². The Hall–Kier alpha value is -3.51. The molecule has 2 heterocycles. The summed E-state index contributed by atoms with van der Waals surface area (Å²) in [6.45, 7) is 3.69. The number of amides is 1. The Kier molecular flexibility index (Phi) is 7.03. The Morgan fingerprint density at radius 1 is 1.17 bits per heavy atom. The Morgan fingerprint density at radius 2 is 1.91 bits per heavy atom. The highest BCUT2D eigenvalue weighted by molar-refractivity contribution is 7.92. The van der Waals surface area contributed by atoms with Gasteiger partial charge >= 0.3 is 5.97 Å². The normalized spacial score (nSPS) is 13.5. The molecule has 0 saturated heterocycles. The van der Waals surface area contributed by atoms with E-state index in [2.05, 4.69) is 15.3 Å². The number of aromatic nitrogens is 2. The van der Waals surface area contributed by atoms with Gasteiger partial charge in [-0.05, 0) is 51.0 Å². The zero-order chi connectivity index (χ0) is 25.2. The number of anilines is 1. The Bertz CT molecular complexity index is 1350. The number of ether oxygens (including phenoxy) is 2. The fraction of sp³-hybridized carbons (Fsp3) is 0.304. The number of pyridine rings is 1. The summed E-state index contributed by atoms with van der Waals surface area (Å²) in [4.78, 5) is 31.9. The molecule has 1 aliphatic rings. The summed E-state index contributed by atoms with van der Waals surface area (Å²) in [5, 5.41) is 13.0. The highest BCUT2D eigenvalue weighted by Crippen LogP contribution is 2.34. The first-order chi connectivity index (χ1) is 16.6. The molecular weight excluding hydrogens is 494 g/mol. The van der Waals surface area contributed by atoms with Crippen LogP contribution in [0.3, 0.4) is 0 Å². The number of carbonyl (C=O) groups excluding carboxylic acids is 1. The van der Waals surface area contributed by atoms with Crippen LogP contribution in [0.15, 0.2) is 46.9 Å². The van der Waals surface area contributed by atoms with E-state index in [1.807, 2.05) is 13.8 Å². The number of rotatable bonds is 10. The molecule has 10 nitrogen and oxygen atoms in total.